The van der Waals surface area contributed by atoms with Crippen molar-refractivity contribution in [1.29, 1.82) is 0 Å². The van der Waals surface area contributed by atoms with E-state index in [1.807, 2.05) is 29.2 Å². The molecule has 0 aliphatic carbocycles. The summed E-state index contributed by atoms with van der Waals surface area (Å²) in [5.74, 6) is 1.12. The number of hydrogen-bond donors (Lipinski definition) is 1. The predicted molar refractivity (Wildman–Crippen MR) is 123 cm³/mol. The van der Waals surface area contributed by atoms with E-state index in [1.165, 1.54) is 6.42 Å². The maximum absolute atomic E-state index is 12.4. The number of rotatable bonds is 7. The van der Waals surface area contributed by atoms with Crippen molar-refractivity contribution in [2.75, 3.05) is 13.1 Å². The average molecular weight is 453 g/mol. The van der Waals surface area contributed by atoms with E-state index < -0.39 is 0 Å². The minimum atomic E-state index is -0.319. The van der Waals surface area contributed by atoms with Gasteiger partial charge in [-0.1, -0.05) is 29.8 Å². The molecule has 4 rings (SSSR count). The van der Waals surface area contributed by atoms with Gasteiger partial charge in [0.15, 0.2) is 5.82 Å². The Hall–Kier alpha value is -3.19. The van der Waals surface area contributed by atoms with Crippen molar-refractivity contribution in [3.05, 3.63) is 75.2 Å². The third-order valence-corrected chi connectivity index (χ3v) is 5.90. The summed E-state index contributed by atoms with van der Waals surface area (Å²) in [4.78, 5) is 29.4. The van der Waals surface area contributed by atoms with Crippen LogP contribution < -0.4 is 10.3 Å². The maximum atomic E-state index is 12.4. The molecule has 1 saturated heterocycles. The quantitative estimate of drug-likeness (QED) is 0.585. The first-order valence-electron chi connectivity index (χ1n) is 10.8. The lowest BCUT2D eigenvalue weighted by Crippen LogP contribution is -2.36. The summed E-state index contributed by atoms with van der Waals surface area (Å²) in [6.07, 6.45) is 3.82. The Morgan fingerprint density at radius 1 is 1.03 bits per heavy atom. The van der Waals surface area contributed by atoms with Gasteiger partial charge in [-0.25, -0.2) is 0 Å². The number of piperidine rings is 1. The summed E-state index contributed by atoms with van der Waals surface area (Å²) in [6, 6.07) is 14.7. The smallest absolute Gasteiger partial charge is 0.273 e. The van der Waals surface area contributed by atoms with Crippen LogP contribution >= 0.6 is 11.6 Å². The van der Waals surface area contributed by atoms with Crippen LogP contribution in [0.25, 0.3) is 11.4 Å². The normalized spacial score (nSPS) is 13.7. The van der Waals surface area contributed by atoms with E-state index >= 15 is 0 Å². The number of ether oxygens (including phenoxy) is 1. The van der Waals surface area contributed by atoms with Crippen LogP contribution in [0.5, 0.6) is 5.75 Å². The number of aromatic amines is 1. The Morgan fingerprint density at radius 3 is 2.50 bits per heavy atom. The topological polar surface area (TPSA) is 88.2 Å². The van der Waals surface area contributed by atoms with Crippen molar-refractivity contribution in [2.24, 2.45) is 0 Å². The van der Waals surface area contributed by atoms with Crippen LogP contribution in [0.3, 0.4) is 0 Å². The van der Waals surface area contributed by atoms with Gasteiger partial charge in [0.25, 0.3) is 5.56 Å². The van der Waals surface area contributed by atoms with Gasteiger partial charge in [0.05, 0.1) is 0 Å². The summed E-state index contributed by atoms with van der Waals surface area (Å²) in [5.41, 5.74) is 1.58. The third kappa shape index (κ3) is 5.53. The number of aromatic nitrogens is 3. The van der Waals surface area contributed by atoms with Crippen molar-refractivity contribution in [3.63, 3.8) is 0 Å². The Balaban J connectivity index is 1.35. The van der Waals surface area contributed by atoms with Gasteiger partial charge >= 0.3 is 0 Å². The third-order valence-electron chi connectivity index (χ3n) is 5.53. The van der Waals surface area contributed by atoms with Crippen molar-refractivity contribution >= 4 is 17.5 Å². The fraction of sp³-hybridized carbons (Fsp3) is 0.333. The van der Waals surface area contributed by atoms with E-state index in [9.17, 15) is 9.59 Å². The number of carbonyl (C=O) groups is 1. The number of likely N-dealkylation sites (tertiary alicyclic amines) is 1. The molecule has 0 spiro atoms. The van der Waals surface area contributed by atoms with E-state index in [2.05, 4.69) is 15.2 Å². The van der Waals surface area contributed by atoms with Crippen LogP contribution in [-0.2, 0) is 17.8 Å². The van der Waals surface area contributed by atoms with Crippen LogP contribution in [0, 0.1) is 0 Å². The molecule has 0 unspecified atom stereocenters. The van der Waals surface area contributed by atoms with E-state index in [-0.39, 0.29) is 30.0 Å². The van der Waals surface area contributed by atoms with Gasteiger partial charge in [-0.3, -0.25) is 9.59 Å². The zero-order valence-electron chi connectivity index (χ0n) is 17.7. The number of hydrogen-bond acceptors (Lipinski definition) is 5. The van der Waals surface area contributed by atoms with Crippen molar-refractivity contribution in [1.82, 2.24) is 20.1 Å². The van der Waals surface area contributed by atoms with Gasteiger partial charge in [-0.15, -0.1) is 10.2 Å². The van der Waals surface area contributed by atoms with E-state index in [4.69, 9.17) is 16.3 Å². The predicted octanol–water partition coefficient (Wildman–Crippen LogP) is 4.01. The Labute approximate surface area is 191 Å². The molecule has 1 fully saturated rings. The minimum absolute atomic E-state index is 0.0716. The molecular weight excluding hydrogens is 428 g/mol. The van der Waals surface area contributed by atoms with Crippen LogP contribution in [0.1, 0.15) is 36.9 Å². The van der Waals surface area contributed by atoms with Crippen LogP contribution in [0.15, 0.2) is 53.3 Å². The lowest BCUT2D eigenvalue weighted by Gasteiger charge is -2.26. The molecule has 166 valence electrons. The summed E-state index contributed by atoms with van der Waals surface area (Å²) in [5, 5.41) is 8.88. The fourth-order valence-electron chi connectivity index (χ4n) is 3.67. The van der Waals surface area contributed by atoms with Crippen molar-refractivity contribution in [2.45, 2.75) is 38.7 Å². The van der Waals surface area contributed by atoms with Crippen LogP contribution in [-0.4, -0.2) is 39.1 Å². The standard InChI is InChI=1S/C24H25ClN4O3/c25-20-7-3-2-6-18(20)16-32-19-10-8-17(9-11-19)23-26-24(31)21(27-28-23)12-13-22(30)29-14-4-1-5-15-29/h2-3,6-11H,1,4-5,12-16H2,(H,26,28,31). The largest absolute Gasteiger partial charge is 0.489 e. The van der Waals surface area contributed by atoms with Crippen molar-refractivity contribution in [3.8, 4) is 17.1 Å². The molecule has 0 atom stereocenters. The highest BCUT2D eigenvalue weighted by molar-refractivity contribution is 6.31. The summed E-state index contributed by atoms with van der Waals surface area (Å²) < 4.78 is 5.78. The van der Waals surface area contributed by atoms with Crippen LogP contribution in [0.2, 0.25) is 5.02 Å². The molecule has 1 aromatic heterocycles. The van der Waals surface area contributed by atoms with Gasteiger partial charge in [0.2, 0.25) is 5.91 Å². The summed E-state index contributed by atoms with van der Waals surface area (Å²) in [7, 11) is 0. The van der Waals surface area contributed by atoms with Gasteiger partial charge in [0.1, 0.15) is 18.1 Å². The number of H-pyrrole nitrogens is 1. The number of nitrogens with zero attached hydrogens (tertiary/aromatic N) is 3. The van der Waals surface area contributed by atoms with Gasteiger partial charge < -0.3 is 14.6 Å². The Bertz CT molecular complexity index is 1120. The zero-order chi connectivity index (χ0) is 22.3. The zero-order valence-corrected chi connectivity index (χ0v) is 18.5. The number of carbonyl (C=O) groups excluding carboxylic acids is 1. The molecule has 1 amide bonds. The van der Waals surface area contributed by atoms with Crippen molar-refractivity contribution < 1.29 is 9.53 Å². The number of amides is 1. The second kappa shape index (κ2) is 10.4. The Morgan fingerprint density at radius 2 is 1.78 bits per heavy atom. The molecule has 0 bridgehead atoms. The highest BCUT2D eigenvalue weighted by Crippen LogP contribution is 2.21. The second-order valence-electron chi connectivity index (χ2n) is 7.80. The molecular formula is C24H25ClN4O3. The SMILES string of the molecule is O=C(CCc1nnc(-c2ccc(OCc3ccccc3Cl)cc2)[nH]c1=O)N1CCCCC1. The molecule has 2 heterocycles. The Kier molecular flexibility index (Phi) is 7.17. The van der Waals surface area contributed by atoms with E-state index in [0.29, 0.717) is 23.2 Å². The summed E-state index contributed by atoms with van der Waals surface area (Å²) >= 11 is 6.15. The average Bonchev–Trinajstić information content (AvgIpc) is 2.83. The molecule has 32 heavy (non-hydrogen) atoms. The lowest BCUT2D eigenvalue weighted by molar-refractivity contribution is -0.132. The number of benzene rings is 2. The number of halogens is 1. The number of aryl methyl sites for hydroxylation is 1. The second-order valence-corrected chi connectivity index (χ2v) is 8.20. The first kappa shape index (κ1) is 22.0. The maximum Gasteiger partial charge on any atom is 0.273 e. The van der Waals surface area contributed by atoms with Gasteiger partial charge in [-0.2, -0.15) is 0 Å². The first-order chi connectivity index (χ1) is 15.6. The highest BCUT2D eigenvalue weighted by Gasteiger charge is 2.17. The van der Waals surface area contributed by atoms with Gasteiger partial charge in [0, 0.05) is 42.1 Å². The summed E-state index contributed by atoms with van der Waals surface area (Å²) in [6.45, 7) is 1.97. The minimum Gasteiger partial charge on any atom is -0.489 e. The molecule has 8 heteroatoms. The van der Waals surface area contributed by atoms with Gasteiger partial charge in [-0.05, 0) is 49.6 Å². The molecule has 7 nitrogen and oxygen atoms in total. The molecule has 1 aliphatic heterocycles. The molecule has 3 aromatic rings. The lowest BCUT2D eigenvalue weighted by atomic mass is 10.1. The molecule has 0 saturated carbocycles. The molecule has 2 aromatic carbocycles. The molecule has 1 aliphatic rings. The number of nitrogens with one attached hydrogen (secondary N) is 1. The first-order valence-corrected chi connectivity index (χ1v) is 11.2. The molecule has 0 radical (unpaired) electrons. The van der Waals surface area contributed by atoms with Crippen LogP contribution in [0.4, 0.5) is 0 Å². The monoisotopic (exact) mass is 452 g/mol. The molecule has 1 N–H and O–H groups in total. The highest BCUT2D eigenvalue weighted by atomic mass is 35.5. The van der Waals surface area contributed by atoms with E-state index in [0.717, 1.165) is 37.1 Å². The van der Waals surface area contributed by atoms with E-state index in [1.54, 1.807) is 24.3 Å². The fourth-order valence-corrected chi connectivity index (χ4v) is 3.86.